The summed E-state index contributed by atoms with van der Waals surface area (Å²) in [4.78, 5) is 23.5. The fourth-order valence-corrected chi connectivity index (χ4v) is 3.71. The highest BCUT2D eigenvalue weighted by molar-refractivity contribution is 5.76. The number of urea groups is 1. The SMILES string of the molecule is N#CCN(CC#N)CCN(CC#N)CCN1CCN(CCN(CC#N)CCN(CC#N)CC#N)C1=O. The first-order chi connectivity index (χ1) is 17.5. The van der Waals surface area contributed by atoms with Crippen LogP contribution < -0.4 is 0 Å². The summed E-state index contributed by atoms with van der Waals surface area (Å²) in [6.45, 7) is 6.05. The minimum atomic E-state index is -0.0880. The zero-order chi connectivity index (χ0) is 26.6. The number of nitriles is 6. The number of amides is 2. The molecule has 190 valence electrons. The van der Waals surface area contributed by atoms with Crippen LogP contribution in [0.3, 0.4) is 0 Å². The van der Waals surface area contributed by atoms with E-state index in [1.165, 1.54) is 0 Å². The van der Waals surface area contributed by atoms with Crippen LogP contribution in [0.15, 0.2) is 0 Å². The summed E-state index contributed by atoms with van der Waals surface area (Å²) in [7, 11) is 0. The Bertz CT molecular complexity index is 822. The third-order valence-electron chi connectivity index (χ3n) is 5.78. The Balaban J connectivity index is 2.52. The number of hydrogen-bond acceptors (Lipinski definition) is 11. The van der Waals surface area contributed by atoms with Gasteiger partial charge in [0.2, 0.25) is 0 Å². The van der Waals surface area contributed by atoms with E-state index in [2.05, 4.69) is 12.1 Å². The molecule has 1 heterocycles. The normalized spacial score (nSPS) is 12.9. The predicted octanol–water partition coefficient (Wildman–Crippen LogP) is -0.927. The summed E-state index contributed by atoms with van der Waals surface area (Å²) >= 11 is 0. The van der Waals surface area contributed by atoms with E-state index >= 15 is 0 Å². The molecule has 1 rings (SSSR count). The Morgan fingerprint density at radius 3 is 1.08 bits per heavy atom. The van der Waals surface area contributed by atoms with Crippen molar-refractivity contribution in [3.8, 4) is 36.4 Å². The maximum Gasteiger partial charge on any atom is 0.320 e. The molecule has 0 radical (unpaired) electrons. The Hall–Kier alpha value is -3.95. The smallest absolute Gasteiger partial charge is 0.320 e. The van der Waals surface area contributed by atoms with Crippen LogP contribution in [0, 0.1) is 68.0 Å². The second kappa shape index (κ2) is 18.4. The van der Waals surface area contributed by atoms with E-state index in [4.69, 9.17) is 31.6 Å². The fourth-order valence-electron chi connectivity index (χ4n) is 3.71. The van der Waals surface area contributed by atoms with E-state index in [1.807, 2.05) is 34.1 Å². The molecule has 36 heavy (non-hydrogen) atoms. The third-order valence-corrected chi connectivity index (χ3v) is 5.78. The molecule has 1 aliphatic heterocycles. The third kappa shape index (κ3) is 11.5. The summed E-state index contributed by atoms with van der Waals surface area (Å²) in [5.74, 6) is 0. The first-order valence-electron chi connectivity index (χ1n) is 11.7. The average molecular weight is 493 g/mol. The van der Waals surface area contributed by atoms with Crippen LogP contribution in [0.5, 0.6) is 0 Å². The quantitative estimate of drug-likeness (QED) is 0.216. The molecule has 0 atom stereocenters. The van der Waals surface area contributed by atoms with Gasteiger partial charge in [-0.05, 0) is 0 Å². The van der Waals surface area contributed by atoms with Gasteiger partial charge in [0.05, 0.1) is 75.7 Å². The second-order valence-electron chi connectivity index (χ2n) is 8.18. The number of hydrogen-bond donors (Lipinski definition) is 0. The van der Waals surface area contributed by atoms with Crippen LogP contribution in [0.1, 0.15) is 0 Å². The van der Waals surface area contributed by atoms with Crippen molar-refractivity contribution in [2.45, 2.75) is 0 Å². The van der Waals surface area contributed by atoms with Gasteiger partial charge in [-0.1, -0.05) is 0 Å². The fraction of sp³-hybridized carbons (Fsp3) is 0.696. The summed E-state index contributed by atoms with van der Waals surface area (Å²) < 4.78 is 0. The molecule has 0 spiro atoms. The molecule has 2 amide bonds. The van der Waals surface area contributed by atoms with Crippen LogP contribution in [-0.4, -0.2) is 140 Å². The van der Waals surface area contributed by atoms with E-state index in [-0.39, 0.29) is 45.3 Å². The van der Waals surface area contributed by atoms with E-state index in [1.54, 1.807) is 19.6 Å². The molecule has 0 bridgehead atoms. The lowest BCUT2D eigenvalue weighted by molar-refractivity contribution is 0.174. The molecular weight excluding hydrogens is 460 g/mol. The predicted molar refractivity (Wildman–Crippen MR) is 128 cm³/mol. The number of nitrogens with zero attached hydrogens (tertiary/aromatic N) is 12. The molecule has 0 aromatic rings. The monoisotopic (exact) mass is 492 g/mol. The van der Waals surface area contributed by atoms with Gasteiger partial charge in [-0.3, -0.25) is 19.6 Å². The van der Waals surface area contributed by atoms with Crippen LogP contribution in [0.2, 0.25) is 0 Å². The highest BCUT2D eigenvalue weighted by Gasteiger charge is 2.28. The molecule has 0 aromatic carbocycles. The number of rotatable bonds is 18. The first kappa shape index (κ1) is 30.1. The molecule has 1 saturated heterocycles. The van der Waals surface area contributed by atoms with E-state index in [0.717, 1.165) is 0 Å². The van der Waals surface area contributed by atoms with Crippen LogP contribution in [-0.2, 0) is 0 Å². The van der Waals surface area contributed by atoms with Gasteiger partial charge in [-0.15, -0.1) is 0 Å². The lowest BCUT2D eigenvalue weighted by Crippen LogP contribution is -2.43. The summed E-state index contributed by atoms with van der Waals surface area (Å²) in [6, 6.07) is 12.3. The molecule has 13 heteroatoms. The summed E-state index contributed by atoms with van der Waals surface area (Å²) in [6.07, 6.45) is 0. The Morgan fingerprint density at radius 1 is 0.500 bits per heavy atom. The van der Waals surface area contributed by atoms with Gasteiger partial charge in [0.25, 0.3) is 0 Å². The van der Waals surface area contributed by atoms with Gasteiger partial charge in [0, 0.05) is 65.4 Å². The highest BCUT2D eigenvalue weighted by Crippen LogP contribution is 2.09. The second-order valence-corrected chi connectivity index (χ2v) is 8.18. The van der Waals surface area contributed by atoms with Crippen LogP contribution in [0.4, 0.5) is 4.79 Å². The van der Waals surface area contributed by atoms with Crippen molar-refractivity contribution in [1.82, 2.24) is 29.4 Å². The maximum absolute atomic E-state index is 12.8. The lowest BCUT2D eigenvalue weighted by atomic mass is 10.4. The van der Waals surface area contributed by atoms with Gasteiger partial charge in [-0.2, -0.15) is 31.6 Å². The Kier molecular flexibility index (Phi) is 15.4. The molecule has 0 saturated carbocycles. The first-order valence-corrected chi connectivity index (χ1v) is 11.7. The van der Waals surface area contributed by atoms with E-state index in [0.29, 0.717) is 65.4 Å². The zero-order valence-corrected chi connectivity index (χ0v) is 20.6. The van der Waals surface area contributed by atoms with Gasteiger partial charge in [-0.25, -0.2) is 4.79 Å². The van der Waals surface area contributed by atoms with Gasteiger partial charge >= 0.3 is 6.03 Å². The van der Waals surface area contributed by atoms with E-state index < -0.39 is 0 Å². The van der Waals surface area contributed by atoms with Crippen molar-refractivity contribution in [3.05, 3.63) is 0 Å². The van der Waals surface area contributed by atoms with Crippen molar-refractivity contribution in [2.75, 3.05) is 105 Å². The minimum absolute atomic E-state index is 0.0880. The largest absolute Gasteiger partial charge is 0.322 e. The van der Waals surface area contributed by atoms with Crippen molar-refractivity contribution in [3.63, 3.8) is 0 Å². The van der Waals surface area contributed by atoms with E-state index in [9.17, 15) is 4.79 Å². The van der Waals surface area contributed by atoms with Gasteiger partial charge in [0.15, 0.2) is 0 Å². The van der Waals surface area contributed by atoms with Gasteiger partial charge < -0.3 is 9.80 Å². The molecule has 1 fully saturated rings. The molecule has 0 aliphatic carbocycles. The minimum Gasteiger partial charge on any atom is -0.322 e. The average Bonchev–Trinajstić information content (AvgIpc) is 3.22. The molecule has 0 unspecified atom stereocenters. The van der Waals surface area contributed by atoms with Crippen LogP contribution in [0.25, 0.3) is 0 Å². The van der Waals surface area contributed by atoms with Crippen molar-refractivity contribution in [1.29, 1.82) is 31.6 Å². The lowest BCUT2D eigenvalue weighted by Gasteiger charge is -2.26. The summed E-state index contributed by atoms with van der Waals surface area (Å²) in [5.41, 5.74) is 0. The Labute approximate surface area is 213 Å². The molecule has 0 N–H and O–H groups in total. The summed E-state index contributed by atoms with van der Waals surface area (Å²) in [5, 5.41) is 53.8. The Morgan fingerprint density at radius 2 is 0.778 bits per heavy atom. The zero-order valence-electron chi connectivity index (χ0n) is 20.6. The van der Waals surface area contributed by atoms with Crippen LogP contribution >= 0.6 is 0 Å². The standard InChI is InChI=1S/C23H32N12O/c24-1-7-30(8-2-25)13-15-32(11-5-28)17-19-34-21-22-35(23(34)36)20-18-33(12-6-29)16-14-31(9-3-26)10-4-27/h7-22H2. The molecule has 13 nitrogen and oxygen atoms in total. The highest BCUT2D eigenvalue weighted by atomic mass is 16.2. The molecule has 0 aromatic heterocycles. The maximum atomic E-state index is 12.8. The number of carbonyl (C=O) groups excluding carboxylic acids is 1. The van der Waals surface area contributed by atoms with Gasteiger partial charge in [0.1, 0.15) is 0 Å². The molecular formula is C23H32N12O. The van der Waals surface area contributed by atoms with Crippen molar-refractivity contribution < 1.29 is 4.79 Å². The van der Waals surface area contributed by atoms with Crippen molar-refractivity contribution >= 4 is 6.03 Å². The van der Waals surface area contributed by atoms with Crippen molar-refractivity contribution in [2.24, 2.45) is 0 Å². The number of carbonyl (C=O) groups is 1. The topological polar surface area (TPSA) is 179 Å². The molecule has 1 aliphatic rings.